The monoisotopic (exact) mass is 1210 g/mol. The van der Waals surface area contributed by atoms with Gasteiger partial charge in [-0.2, -0.15) is 0 Å². The maximum absolute atomic E-state index is 12.4. The van der Waals surface area contributed by atoms with Crippen LogP contribution in [0.2, 0.25) is 0 Å². The predicted octanol–water partition coefficient (Wildman–Crippen LogP) is 2.21. The maximum atomic E-state index is 12.4. The molecule has 6 amide bonds. The number of unbranched alkanes of at least 4 members (excludes halogenated alkanes) is 16. The summed E-state index contributed by atoms with van der Waals surface area (Å²) in [5.74, 6) is -4.88. The van der Waals surface area contributed by atoms with Crippen molar-refractivity contribution in [1.82, 2.24) is 36.6 Å². The summed E-state index contributed by atoms with van der Waals surface area (Å²) in [5, 5.41) is 43.0. The van der Waals surface area contributed by atoms with Crippen molar-refractivity contribution in [2.24, 2.45) is 0 Å². The Morgan fingerprint density at radius 2 is 0.614 bits per heavy atom. The Balaban J connectivity index is 3.58. The lowest BCUT2D eigenvalue weighted by molar-refractivity contribution is -0.142. The van der Waals surface area contributed by atoms with Crippen LogP contribution in [0.4, 0.5) is 0 Å². The molecule has 0 heterocycles. The Kier molecular flexibility index (Phi) is 55.6. The van der Waals surface area contributed by atoms with Crippen LogP contribution in [0.5, 0.6) is 0 Å². The van der Waals surface area contributed by atoms with E-state index in [-0.39, 0.29) is 193 Å². The van der Waals surface area contributed by atoms with Gasteiger partial charge in [-0.1, -0.05) is 103 Å². The summed E-state index contributed by atoms with van der Waals surface area (Å²) >= 11 is 3.78. The van der Waals surface area contributed by atoms with Crippen LogP contribution in [-0.2, 0) is 81.0 Å². The zero-order valence-electron chi connectivity index (χ0n) is 49.0. The first kappa shape index (κ1) is 78.2. The summed E-state index contributed by atoms with van der Waals surface area (Å²) in [6.07, 6.45) is 19.7. The van der Waals surface area contributed by atoms with Crippen LogP contribution in [0.1, 0.15) is 148 Å². The van der Waals surface area contributed by atoms with Gasteiger partial charge in [0, 0.05) is 52.0 Å². The number of hydrogen-bond donors (Lipinski definition) is 11. The Labute approximate surface area is 495 Å². The first-order chi connectivity index (χ1) is 40.2. The van der Waals surface area contributed by atoms with Gasteiger partial charge in [0.25, 0.3) is 0 Å². The number of carbonyl (C=O) groups excluding carboxylic acids is 6. The van der Waals surface area contributed by atoms with Gasteiger partial charge in [0.1, 0.15) is 38.5 Å². The van der Waals surface area contributed by atoms with E-state index in [9.17, 15) is 48.3 Å². The zero-order valence-corrected chi connectivity index (χ0v) is 49.9. The van der Waals surface area contributed by atoms with Crippen LogP contribution in [0, 0.1) is 0 Å². The molecule has 0 aromatic rings. The second-order valence-electron chi connectivity index (χ2n) is 19.5. The van der Waals surface area contributed by atoms with Crippen molar-refractivity contribution in [3.63, 3.8) is 0 Å². The molecule has 0 aliphatic carbocycles. The van der Waals surface area contributed by atoms with Crippen molar-refractivity contribution in [2.75, 3.05) is 138 Å². The van der Waals surface area contributed by atoms with Gasteiger partial charge >= 0.3 is 17.9 Å². The van der Waals surface area contributed by atoms with Crippen LogP contribution in [0.3, 0.4) is 0 Å². The van der Waals surface area contributed by atoms with Crippen molar-refractivity contribution in [3.05, 3.63) is 0 Å². The highest BCUT2D eigenvalue weighted by Crippen LogP contribution is 2.15. The lowest BCUT2D eigenvalue weighted by atomic mass is 10.0. The number of carbonyl (C=O) groups is 9. The Morgan fingerprint density at radius 3 is 0.952 bits per heavy atom. The molecule has 0 fully saturated rings. The third-order valence-electron chi connectivity index (χ3n) is 12.2. The number of ether oxygens (including phenoxy) is 8. The van der Waals surface area contributed by atoms with Crippen LogP contribution in [-0.4, -0.2) is 219 Å². The molecule has 0 aromatic heterocycles. The molecule has 0 aromatic carbocycles. The highest BCUT2D eigenvalue weighted by Gasteiger charge is 2.21. The third kappa shape index (κ3) is 57.4. The molecular formula is C55H101N7O20S. The van der Waals surface area contributed by atoms with Crippen molar-refractivity contribution in [1.29, 1.82) is 0 Å². The molecule has 2 unspecified atom stereocenters. The van der Waals surface area contributed by atoms with Crippen LogP contribution < -0.4 is 36.6 Å². The molecule has 0 aliphatic rings. The molecule has 28 heteroatoms. The third-order valence-corrected chi connectivity index (χ3v) is 12.5. The molecule has 83 heavy (non-hydrogen) atoms. The predicted molar refractivity (Wildman–Crippen MR) is 309 cm³/mol. The number of amides is 6. The van der Waals surface area contributed by atoms with E-state index in [0.717, 1.165) is 38.5 Å². The molecule has 0 bridgehead atoms. The summed E-state index contributed by atoms with van der Waals surface area (Å²) in [6.45, 7) is 3.08. The number of nitrogens with one attached hydrogen (secondary N) is 7. The quantitative estimate of drug-likeness (QED) is 0.0307. The number of carboxylic acids is 3. The van der Waals surface area contributed by atoms with Crippen LogP contribution >= 0.6 is 12.8 Å². The molecule has 27 nitrogen and oxygen atoms in total. The van der Waals surface area contributed by atoms with Gasteiger partial charge in [-0.3, -0.25) is 43.1 Å². The summed E-state index contributed by atoms with van der Waals surface area (Å²) in [6, 6.07) is -1.89. The van der Waals surface area contributed by atoms with E-state index in [1.165, 1.54) is 57.8 Å². The fourth-order valence-electron chi connectivity index (χ4n) is 7.66. The van der Waals surface area contributed by atoms with Gasteiger partial charge < -0.3 is 85.1 Å². The highest BCUT2D eigenvalue weighted by atomic mass is 32.1. The SMILES string of the molecule is O=C(O)CCCCCCCCCCCCCCCCCCC(=O)NC(CCC(=O)NCCOCCOCC(=O)NCCOCCOCC(=O)NCCOCCOCC(=O)NCCOCCOCC(=O)NCCCCC(NS)C(=O)O)C(=O)O. The first-order valence-corrected chi connectivity index (χ1v) is 30.0. The number of rotatable bonds is 63. The lowest BCUT2D eigenvalue weighted by Gasteiger charge is -2.14. The summed E-state index contributed by atoms with van der Waals surface area (Å²) in [7, 11) is 0. The molecule has 0 aliphatic heterocycles. The average Bonchev–Trinajstić information content (AvgIpc) is 3.45. The molecule has 10 N–H and O–H groups in total. The maximum Gasteiger partial charge on any atom is 0.326 e. The molecule has 482 valence electrons. The van der Waals surface area contributed by atoms with Crippen molar-refractivity contribution >= 4 is 66.2 Å². The molecule has 0 radical (unpaired) electrons. The molecule has 0 rings (SSSR count). The van der Waals surface area contributed by atoms with E-state index < -0.39 is 30.0 Å². The number of thiol groups is 1. The minimum absolute atomic E-state index is 0.0393. The number of hydrogen-bond acceptors (Lipinski definition) is 19. The fraction of sp³-hybridized carbons (Fsp3) is 0.836. The topological polar surface area (TPSA) is 372 Å². The molecule has 0 spiro atoms. The summed E-state index contributed by atoms with van der Waals surface area (Å²) in [4.78, 5) is 105. The Morgan fingerprint density at radius 1 is 0.301 bits per heavy atom. The molecule has 0 saturated heterocycles. The zero-order chi connectivity index (χ0) is 61.1. The smallest absolute Gasteiger partial charge is 0.326 e. The van der Waals surface area contributed by atoms with Gasteiger partial charge in [-0.05, 0) is 38.5 Å². The Hall–Kier alpha value is -4.78. The van der Waals surface area contributed by atoms with Crippen LogP contribution in [0.15, 0.2) is 0 Å². The second kappa shape index (κ2) is 59.0. The molecular weight excluding hydrogens is 1110 g/mol. The summed E-state index contributed by atoms with van der Waals surface area (Å²) in [5.41, 5.74) is 0. The first-order valence-electron chi connectivity index (χ1n) is 29.6. The van der Waals surface area contributed by atoms with Gasteiger partial charge in [-0.25, -0.2) is 4.79 Å². The van der Waals surface area contributed by atoms with E-state index in [1.54, 1.807) is 0 Å². The molecule has 2 atom stereocenters. The van der Waals surface area contributed by atoms with E-state index in [2.05, 4.69) is 49.4 Å². The van der Waals surface area contributed by atoms with E-state index in [1.807, 2.05) is 0 Å². The van der Waals surface area contributed by atoms with Crippen molar-refractivity contribution in [3.8, 4) is 0 Å². The Bertz CT molecular complexity index is 1710. The van der Waals surface area contributed by atoms with Gasteiger partial charge in [0.15, 0.2) is 0 Å². The van der Waals surface area contributed by atoms with Crippen LogP contribution in [0.25, 0.3) is 0 Å². The van der Waals surface area contributed by atoms with Gasteiger partial charge in [-0.15, -0.1) is 0 Å². The average molecular weight is 1210 g/mol. The fourth-order valence-corrected chi connectivity index (χ4v) is 7.90. The largest absolute Gasteiger partial charge is 0.481 e. The normalized spacial score (nSPS) is 11.8. The van der Waals surface area contributed by atoms with Crippen molar-refractivity contribution < 1.29 is 96.4 Å². The van der Waals surface area contributed by atoms with E-state index in [0.29, 0.717) is 32.2 Å². The standard InChI is InChI=1S/C55H101N7O20S/c63-47(23-22-45(54(71)72)61-48(64)20-15-13-11-9-7-5-3-1-2-4-6-8-10-12-14-16-21-53(69)70)57-25-29-75-33-38-80-42-50(66)59-27-31-77-35-40-82-44-52(68)60-28-32-78-36-39-81-43-51(67)58-26-30-76-34-37-79-41-49(65)56-24-18-17-19-46(62-83)55(73)74/h45-46,62,83H,1-44H2,(H,56,65)(H,57,63)(H,58,67)(H,59,66)(H,60,68)(H,61,64)(H,69,70)(H,71,72)(H,73,74). The minimum atomic E-state index is -1.19. The molecule has 0 saturated carbocycles. The van der Waals surface area contributed by atoms with E-state index >= 15 is 0 Å². The highest BCUT2D eigenvalue weighted by molar-refractivity contribution is 7.78. The minimum Gasteiger partial charge on any atom is -0.481 e. The second-order valence-corrected chi connectivity index (χ2v) is 19.7. The summed E-state index contributed by atoms with van der Waals surface area (Å²) < 4.78 is 45.1. The van der Waals surface area contributed by atoms with E-state index in [4.69, 9.17) is 48.1 Å². The lowest BCUT2D eigenvalue weighted by Crippen LogP contribution is -2.41. The van der Waals surface area contributed by atoms with Gasteiger partial charge in [0.05, 0.1) is 79.3 Å². The number of carboxylic acid groups (broad SMARTS) is 3. The van der Waals surface area contributed by atoms with Crippen molar-refractivity contribution in [2.45, 2.75) is 160 Å². The van der Waals surface area contributed by atoms with Gasteiger partial charge in [0.2, 0.25) is 35.4 Å². The number of aliphatic carboxylic acids is 3.